The highest BCUT2D eigenvalue weighted by molar-refractivity contribution is 7.11. The second-order valence-corrected chi connectivity index (χ2v) is 4.43. The third-order valence-electron chi connectivity index (χ3n) is 2.14. The number of aryl methyl sites for hydroxylation is 1. The van der Waals surface area contributed by atoms with E-state index in [1.807, 2.05) is 0 Å². The molecule has 0 saturated heterocycles. The first-order valence-corrected chi connectivity index (χ1v) is 6.33. The lowest BCUT2D eigenvalue weighted by Gasteiger charge is -1.96. The number of carbonyl (C=O) groups excluding carboxylic acids is 2. The summed E-state index contributed by atoms with van der Waals surface area (Å²) in [4.78, 5) is 27.4. The monoisotopic (exact) mass is 281 g/mol. The summed E-state index contributed by atoms with van der Waals surface area (Å²) >= 11 is 0.963. The summed E-state index contributed by atoms with van der Waals surface area (Å²) in [6.07, 6.45) is 1.38. The first-order chi connectivity index (χ1) is 9.11. The molecule has 19 heavy (non-hydrogen) atoms. The maximum absolute atomic E-state index is 11.7. The summed E-state index contributed by atoms with van der Waals surface area (Å²) in [5.41, 5.74) is 0. The van der Waals surface area contributed by atoms with Gasteiger partial charge in [0.05, 0.1) is 12.9 Å². The highest BCUT2D eigenvalue weighted by Crippen LogP contribution is 2.13. The number of carbonyl (C=O) groups is 2. The topological polar surface area (TPSA) is 82.0 Å². The average Bonchev–Trinajstić information content (AvgIpc) is 2.99. The number of furan rings is 1. The van der Waals surface area contributed by atoms with Crippen LogP contribution in [0.2, 0.25) is 0 Å². The van der Waals surface area contributed by atoms with Crippen LogP contribution in [0.1, 0.15) is 32.9 Å². The first kappa shape index (κ1) is 13.3. The second kappa shape index (κ2) is 5.66. The number of amides is 1. The number of hydrogen-bond donors (Lipinski definition) is 0. The van der Waals surface area contributed by atoms with Crippen molar-refractivity contribution in [1.82, 2.24) is 0 Å². The van der Waals surface area contributed by atoms with E-state index in [1.165, 1.54) is 12.3 Å². The Hall–Kier alpha value is -2.15. The molecule has 7 heteroatoms. The van der Waals surface area contributed by atoms with Crippen LogP contribution >= 0.6 is 11.3 Å². The quantitative estimate of drug-likeness (QED) is 0.805. The Labute approximate surface area is 112 Å². The van der Waals surface area contributed by atoms with E-state index in [0.29, 0.717) is 10.6 Å². The summed E-state index contributed by atoms with van der Waals surface area (Å²) in [5, 5.41) is 0. The Morgan fingerprint density at radius 3 is 2.89 bits per heavy atom. The van der Waals surface area contributed by atoms with Crippen molar-refractivity contribution in [2.75, 3.05) is 6.61 Å². The normalized spacial score (nSPS) is 11.6. The molecule has 6 nitrogen and oxygen atoms in total. The summed E-state index contributed by atoms with van der Waals surface area (Å²) in [5.74, 6) is -0.570. The van der Waals surface area contributed by atoms with Crippen molar-refractivity contribution in [3.63, 3.8) is 0 Å². The van der Waals surface area contributed by atoms with E-state index in [1.54, 1.807) is 19.9 Å². The molecule has 0 radical (unpaired) electrons. The Morgan fingerprint density at radius 2 is 2.26 bits per heavy atom. The minimum Gasteiger partial charge on any atom is -0.462 e. The third-order valence-corrected chi connectivity index (χ3v) is 3.14. The summed E-state index contributed by atoms with van der Waals surface area (Å²) in [6, 6.07) is 3.09. The van der Waals surface area contributed by atoms with Gasteiger partial charge in [0.2, 0.25) is 0 Å². The van der Waals surface area contributed by atoms with Gasteiger partial charge in [-0.15, -0.1) is 0 Å². The number of nitrogens with zero attached hydrogens (tertiary/aromatic N) is 1. The van der Waals surface area contributed by atoms with E-state index < -0.39 is 11.9 Å². The van der Waals surface area contributed by atoms with Crippen molar-refractivity contribution in [1.29, 1.82) is 0 Å². The van der Waals surface area contributed by atoms with Gasteiger partial charge in [0, 0.05) is 0 Å². The maximum Gasteiger partial charge on any atom is 0.351 e. The van der Waals surface area contributed by atoms with Gasteiger partial charge in [-0.25, -0.2) is 4.79 Å². The molecule has 0 spiro atoms. The molecule has 0 unspecified atom stereocenters. The largest absolute Gasteiger partial charge is 0.462 e. The van der Waals surface area contributed by atoms with E-state index in [4.69, 9.17) is 13.6 Å². The van der Waals surface area contributed by atoms with Crippen LogP contribution in [0.15, 0.2) is 32.2 Å². The van der Waals surface area contributed by atoms with Crippen LogP contribution in [-0.2, 0) is 4.74 Å². The molecule has 2 heterocycles. The smallest absolute Gasteiger partial charge is 0.351 e. The average molecular weight is 281 g/mol. The fraction of sp³-hybridized carbons (Fsp3) is 0.250. The van der Waals surface area contributed by atoms with Crippen LogP contribution in [-0.4, -0.2) is 18.5 Å². The van der Waals surface area contributed by atoms with E-state index in [9.17, 15) is 9.59 Å². The van der Waals surface area contributed by atoms with Gasteiger partial charge in [-0.3, -0.25) is 4.79 Å². The standard InChI is InChI=1S/C12H11NO5S/c1-3-16-11(15)9-7(2)18-12(19-9)13-10(14)8-5-4-6-17-8/h4-6H,3H2,1-2H3. The Bertz CT molecular complexity index is 650. The molecule has 0 N–H and O–H groups in total. The Balaban J connectivity index is 2.29. The predicted molar refractivity (Wildman–Crippen MR) is 65.9 cm³/mol. The lowest BCUT2D eigenvalue weighted by Crippen LogP contribution is -2.03. The zero-order valence-corrected chi connectivity index (χ0v) is 11.2. The van der Waals surface area contributed by atoms with Crippen molar-refractivity contribution >= 4 is 23.2 Å². The van der Waals surface area contributed by atoms with Crippen LogP contribution in [0.25, 0.3) is 0 Å². The Morgan fingerprint density at radius 1 is 1.47 bits per heavy atom. The molecule has 0 aliphatic heterocycles. The minimum absolute atomic E-state index is 0.0851. The van der Waals surface area contributed by atoms with Crippen LogP contribution in [0.5, 0.6) is 0 Å². The number of hydrogen-bond acceptors (Lipinski definition) is 6. The van der Waals surface area contributed by atoms with Crippen LogP contribution < -0.4 is 4.87 Å². The van der Waals surface area contributed by atoms with Gasteiger partial charge < -0.3 is 13.6 Å². The van der Waals surface area contributed by atoms with Crippen molar-refractivity contribution in [2.45, 2.75) is 13.8 Å². The van der Waals surface area contributed by atoms with Gasteiger partial charge in [0.15, 0.2) is 10.6 Å². The lowest BCUT2D eigenvalue weighted by molar-refractivity contribution is 0.0529. The van der Waals surface area contributed by atoms with E-state index in [2.05, 4.69) is 4.99 Å². The molecule has 2 aromatic rings. The number of rotatable bonds is 3. The maximum atomic E-state index is 11.7. The lowest BCUT2D eigenvalue weighted by atomic mass is 10.4. The minimum atomic E-state index is -0.564. The van der Waals surface area contributed by atoms with E-state index >= 15 is 0 Å². The van der Waals surface area contributed by atoms with Crippen LogP contribution in [0.4, 0.5) is 0 Å². The molecule has 100 valence electrons. The molecule has 0 aliphatic carbocycles. The van der Waals surface area contributed by atoms with Gasteiger partial charge in [-0.1, -0.05) is 11.3 Å². The third kappa shape index (κ3) is 3.00. The highest BCUT2D eigenvalue weighted by atomic mass is 32.1. The highest BCUT2D eigenvalue weighted by Gasteiger charge is 2.16. The molecule has 0 saturated carbocycles. The summed E-state index contributed by atoms with van der Waals surface area (Å²) in [6.45, 7) is 3.59. The first-order valence-electron chi connectivity index (χ1n) is 5.52. The van der Waals surface area contributed by atoms with Gasteiger partial charge >= 0.3 is 11.9 Å². The molecule has 0 bridgehead atoms. The van der Waals surface area contributed by atoms with Crippen molar-refractivity contribution < 1.29 is 23.2 Å². The molecular formula is C12H11NO5S. The molecule has 0 aliphatic rings. The van der Waals surface area contributed by atoms with Crippen molar-refractivity contribution in [3.05, 3.63) is 39.7 Å². The fourth-order valence-corrected chi connectivity index (χ4v) is 2.12. The van der Waals surface area contributed by atoms with Crippen molar-refractivity contribution in [3.8, 4) is 0 Å². The molecule has 0 aromatic carbocycles. The zero-order chi connectivity index (χ0) is 13.8. The van der Waals surface area contributed by atoms with Crippen LogP contribution in [0.3, 0.4) is 0 Å². The van der Waals surface area contributed by atoms with Crippen LogP contribution in [0, 0.1) is 6.92 Å². The fourth-order valence-electron chi connectivity index (χ4n) is 1.32. The number of esters is 1. The van der Waals surface area contributed by atoms with E-state index in [0.717, 1.165) is 11.3 Å². The van der Waals surface area contributed by atoms with Gasteiger partial charge in [0.25, 0.3) is 4.87 Å². The molecule has 0 fully saturated rings. The number of ether oxygens (including phenoxy) is 1. The molecule has 0 atom stereocenters. The Kier molecular flexibility index (Phi) is 3.96. The SMILES string of the molecule is CCOC(=O)c1sc(=NC(=O)c2ccco2)oc1C. The summed E-state index contributed by atoms with van der Waals surface area (Å²) in [7, 11) is 0. The summed E-state index contributed by atoms with van der Waals surface area (Å²) < 4.78 is 15.0. The zero-order valence-electron chi connectivity index (χ0n) is 10.3. The second-order valence-electron chi connectivity index (χ2n) is 3.47. The van der Waals surface area contributed by atoms with Crippen molar-refractivity contribution in [2.24, 2.45) is 4.99 Å². The predicted octanol–water partition coefficient (Wildman–Crippen LogP) is 2.16. The molecule has 2 aromatic heterocycles. The van der Waals surface area contributed by atoms with E-state index in [-0.39, 0.29) is 17.2 Å². The molecule has 1 amide bonds. The molecule has 2 rings (SSSR count). The van der Waals surface area contributed by atoms with Gasteiger partial charge in [-0.2, -0.15) is 4.99 Å². The molecular weight excluding hydrogens is 270 g/mol. The van der Waals surface area contributed by atoms with Gasteiger partial charge in [-0.05, 0) is 26.0 Å². The van der Waals surface area contributed by atoms with Gasteiger partial charge in [0.1, 0.15) is 5.76 Å².